The predicted molar refractivity (Wildman–Crippen MR) is 78.9 cm³/mol. The van der Waals surface area contributed by atoms with Gasteiger partial charge in [-0.1, -0.05) is 0 Å². The van der Waals surface area contributed by atoms with Crippen LogP contribution in [0.5, 0.6) is 17.4 Å². The first-order valence-corrected chi connectivity index (χ1v) is 7.01. The Morgan fingerprint density at radius 2 is 2.04 bits per heavy atom. The van der Waals surface area contributed by atoms with Gasteiger partial charge in [0.1, 0.15) is 5.76 Å². The minimum atomic E-state index is -0.698. The molecule has 0 saturated carbocycles. The zero-order valence-corrected chi connectivity index (χ0v) is 12.7. The molecule has 1 aliphatic heterocycles. The molecule has 1 amide bonds. The number of esters is 1. The van der Waals surface area contributed by atoms with E-state index in [-0.39, 0.29) is 19.3 Å². The van der Waals surface area contributed by atoms with Crippen molar-refractivity contribution in [1.29, 1.82) is 0 Å². The summed E-state index contributed by atoms with van der Waals surface area (Å²) in [7, 11) is 0. The molecule has 0 fully saturated rings. The molecule has 0 aliphatic carbocycles. The monoisotopic (exact) mass is 334 g/mol. The summed E-state index contributed by atoms with van der Waals surface area (Å²) in [6, 6.07) is 6.48. The molecule has 0 radical (unpaired) electrons. The fraction of sp³-hybridized carbons (Fsp3) is 0.267. The van der Waals surface area contributed by atoms with Gasteiger partial charge < -0.3 is 28.8 Å². The number of nitrogens with one attached hydrogen (secondary N) is 1. The minimum Gasteiger partial charge on any atom is -0.463 e. The number of nitrogens with zero attached hydrogens (tertiary/aromatic N) is 1. The van der Waals surface area contributed by atoms with E-state index in [1.54, 1.807) is 25.1 Å². The van der Waals surface area contributed by atoms with Crippen molar-refractivity contribution >= 4 is 17.6 Å². The van der Waals surface area contributed by atoms with Crippen LogP contribution in [0, 0.1) is 6.92 Å². The first-order valence-electron chi connectivity index (χ1n) is 7.01. The third-order valence-corrected chi connectivity index (χ3v) is 2.96. The van der Waals surface area contributed by atoms with Gasteiger partial charge in [-0.25, -0.2) is 4.79 Å². The Morgan fingerprint density at radius 1 is 1.21 bits per heavy atom. The van der Waals surface area contributed by atoms with Crippen molar-refractivity contribution in [3.05, 3.63) is 30.0 Å². The molecule has 0 atom stereocenters. The molecule has 0 unspecified atom stereocenters. The number of hydrogen-bond acceptors (Lipinski definition) is 8. The van der Waals surface area contributed by atoms with E-state index < -0.39 is 18.5 Å². The lowest BCUT2D eigenvalue weighted by atomic mass is 10.3. The first kappa shape index (κ1) is 15.7. The van der Waals surface area contributed by atoms with Crippen LogP contribution in [0.25, 0.3) is 0 Å². The minimum absolute atomic E-state index is 0.148. The van der Waals surface area contributed by atoms with Crippen molar-refractivity contribution in [2.75, 3.05) is 25.3 Å². The highest BCUT2D eigenvalue weighted by molar-refractivity contribution is 5.93. The number of anilines is 1. The molecule has 9 nitrogen and oxygen atoms in total. The van der Waals surface area contributed by atoms with Crippen molar-refractivity contribution in [3.8, 4) is 17.4 Å². The van der Waals surface area contributed by atoms with Crippen LogP contribution >= 0.6 is 0 Å². The molecule has 3 rings (SSSR count). The molecule has 1 aromatic carbocycles. The maximum absolute atomic E-state index is 11.8. The second-order valence-corrected chi connectivity index (χ2v) is 4.84. The maximum atomic E-state index is 11.8. The second-order valence-electron chi connectivity index (χ2n) is 4.84. The van der Waals surface area contributed by atoms with E-state index in [1.165, 1.54) is 6.07 Å². The lowest BCUT2D eigenvalue weighted by molar-refractivity contribution is -0.149. The van der Waals surface area contributed by atoms with E-state index in [0.717, 1.165) is 0 Å². The van der Waals surface area contributed by atoms with E-state index in [4.69, 9.17) is 23.5 Å². The van der Waals surface area contributed by atoms with E-state index in [0.29, 0.717) is 22.9 Å². The van der Waals surface area contributed by atoms with Gasteiger partial charge in [0.05, 0.1) is 0 Å². The molecule has 0 spiro atoms. The summed E-state index contributed by atoms with van der Waals surface area (Å²) in [5, 5.41) is 6.15. The summed E-state index contributed by atoms with van der Waals surface area (Å²) in [4.78, 5) is 23.3. The fourth-order valence-electron chi connectivity index (χ4n) is 1.90. The topological polar surface area (TPSA) is 109 Å². The van der Waals surface area contributed by atoms with Gasteiger partial charge in [0.2, 0.25) is 6.79 Å². The summed E-state index contributed by atoms with van der Waals surface area (Å²) in [5.74, 6) is 0.701. The Hall–Kier alpha value is -3.23. The predicted octanol–water partition coefficient (Wildman–Crippen LogP) is 1.27. The average Bonchev–Trinajstić information content (AvgIpc) is 3.19. The molecule has 2 heterocycles. The smallest absolute Gasteiger partial charge is 0.344 e. The van der Waals surface area contributed by atoms with Crippen LogP contribution in [0.1, 0.15) is 5.76 Å². The van der Waals surface area contributed by atoms with Crippen molar-refractivity contribution in [2.45, 2.75) is 6.92 Å². The summed E-state index contributed by atoms with van der Waals surface area (Å²) in [5.41, 5.74) is 0.509. The van der Waals surface area contributed by atoms with Gasteiger partial charge in [-0.3, -0.25) is 4.79 Å². The molecule has 24 heavy (non-hydrogen) atoms. The third kappa shape index (κ3) is 3.94. The van der Waals surface area contributed by atoms with Gasteiger partial charge in [-0.15, -0.1) is 0 Å². The number of hydrogen-bond donors (Lipinski definition) is 1. The van der Waals surface area contributed by atoms with Crippen molar-refractivity contribution in [3.63, 3.8) is 0 Å². The average molecular weight is 334 g/mol. The van der Waals surface area contributed by atoms with Crippen LogP contribution < -0.4 is 19.5 Å². The quantitative estimate of drug-likeness (QED) is 0.787. The van der Waals surface area contributed by atoms with Crippen molar-refractivity contribution in [2.24, 2.45) is 0 Å². The highest BCUT2D eigenvalue weighted by Gasteiger charge is 2.15. The number of rotatable bonds is 6. The number of aryl methyl sites for hydroxylation is 1. The molecular formula is C15H14N2O7. The summed E-state index contributed by atoms with van der Waals surface area (Å²) < 4.78 is 25.0. The molecule has 0 saturated heterocycles. The summed E-state index contributed by atoms with van der Waals surface area (Å²) in [6.45, 7) is 1.03. The SMILES string of the molecule is Cc1cc(OCC(=O)OCC(=O)Nc2ccc3c(c2)OCO3)no1. The first-order chi connectivity index (χ1) is 11.6. The summed E-state index contributed by atoms with van der Waals surface area (Å²) >= 11 is 0. The zero-order valence-electron chi connectivity index (χ0n) is 12.7. The highest BCUT2D eigenvalue weighted by Crippen LogP contribution is 2.34. The van der Waals surface area contributed by atoms with Gasteiger partial charge in [0.15, 0.2) is 24.7 Å². The Bertz CT molecular complexity index is 756. The Kier molecular flexibility index (Phi) is 4.50. The Balaban J connectivity index is 1.41. The van der Waals surface area contributed by atoms with Gasteiger partial charge >= 0.3 is 5.97 Å². The third-order valence-electron chi connectivity index (χ3n) is 2.96. The Morgan fingerprint density at radius 3 is 2.83 bits per heavy atom. The number of carbonyl (C=O) groups is 2. The molecule has 1 N–H and O–H groups in total. The normalized spacial score (nSPS) is 11.9. The Labute approximate surface area is 136 Å². The number of ether oxygens (including phenoxy) is 4. The lowest BCUT2D eigenvalue weighted by Crippen LogP contribution is -2.23. The number of carbonyl (C=O) groups excluding carboxylic acids is 2. The highest BCUT2D eigenvalue weighted by atomic mass is 16.7. The standard InChI is InChI=1S/C15H14N2O7/c1-9-4-14(17-24-9)20-7-15(19)21-6-13(18)16-10-2-3-11-12(5-10)23-8-22-11/h2-5H,6-8H2,1H3,(H,16,18). The van der Waals surface area contributed by atoms with Crippen LogP contribution in [-0.4, -0.2) is 37.0 Å². The maximum Gasteiger partial charge on any atom is 0.344 e. The number of amides is 1. The van der Waals surface area contributed by atoms with E-state index >= 15 is 0 Å². The van der Waals surface area contributed by atoms with Gasteiger partial charge in [0.25, 0.3) is 11.8 Å². The zero-order chi connectivity index (χ0) is 16.9. The van der Waals surface area contributed by atoms with Crippen molar-refractivity contribution < 1.29 is 33.1 Å². The molecule has 9 heteroatoms. The molecule has 2 aromatic rings. The largest absolute Gasteiger partial charge is 0.463 e. The van der Waals surface area contributed by atoms with E-state index in [2.05, 4.69) is 10.5 Å². The fourth-order valence-corrected chi connectivity index (χ4v) is 1.90. The lowest BCUT2D eigenvalue weighted by Gasteiger charge is -2.07. The summed E-state index contributed by atoms with van der Waals surface area (Å²) in [6.07, 6.45) is 0. The van der Waals surface area contributed by atoms with Crippen LogP contribution in [0.4, 0.5) is 5.69 Å². The van der Waals surface area contributed by atoms with E-state index in [9.17, 15) is 9.59 Å². The molecule has 1 aliphatic rings. The van der Waals surface area contributed by atoms with Crippen LogP contribution in [0.15, 0.2) is 28.8 Å². The molecular weight excluding hydrogens is 320 g/mol. The van der Waals surface area contributed by atoms with E-state index in [1.807, 2.05) is 0 Å². The molecule has 126 valence electrons. The molecule has 0 bridgehead atoms. The van der Waals surface area contributed by atoms with Gasteiger partial charge in [-0.2, -0.15) is 0 Å². The van der Waals surface area contributed by atoms with Crippen LogP contribution in [-0.2, 0) is 14.3 Å². The van der Waals surface area contributed by atoms with Crippen LogP contribution in [0.3, 0.4) is 0 Å². The second kappa shape index (κ2) is 6.90. The van der Waals surface area contributed by atoms with Crippen LogP contribution in [0.2, 0.25) is 0 Å². The van der Waals surface area contributed by atoms with Gasteiger partial charge in [-0.05, 0) is 24.2 Å². The number of aromatic nitrogens is 1. The number of benzene rings is 1. The number of fused-ring (bicyclic) bond motifs is 1. The van der Waals surface area contributed by atoms with Gasteiger partial charge in [0, 0.05) is 17.8 Å². The molecule has 1 aromatic heterocycles. The van der Waals surface area contributed by atoms with Crippen molar-refractivity contribution in [1.82, 2.24) is 5.16 Å².